The van der Waals surface area contributed by atoms with Gasteiger partial charge in [0.1, 0.15) is 17.5 Å². The Morgan fingerprint density at radius 2 is 2.00 bits per heavy atom. The van der Waals surface area contributed by atoms with Crippen LogP contribution in [0.5, 0.6) is 0 Å². The van der Waals surface area contributed by atoms with Crippen molar-refractivity contribution < 1.29 is 22.7 Å². The summed E-state index contributed by atoms with van der Waals surface area (Å²) >= 11 is 0. The quantitative estimate of drug-likeness (QED) is 0.591. The molecule has 1 amide bonds. The number of anilines is 2. The van der Waals surface area contributed by atoms with Crippen LogP contribution in [-0.2, 0) is 15.7 Å². The Kier molecular flexibility index (Phi) is 7.97. The van der Waals surface area contributed by atoms with Crippen molar-refractivity contribution in [3.8, 4) is 6.07 Å². The zero-order valence-electron chi connectivity index (χ0n) is 20.4. The van der Waals surface area contributed by atoms with Crippen LogP contribution in [0.25, 0.3) is 0 Å². The van der Waals surface area contributed by atoms with Crippen LogP contribution >= 0.6 is 0 Å². The minimum atomic E-state index is -4.80. The first-order valence-corrected chi connectivity index (χ1v) is 12.1. The summed E-state index contributed by atoms with van der Waals surface area (Å²) in [6, 6.07) is 5.18. The lowest BCUT2D eigenvalue weighted by atomic mass is 10.1. The number of H-pyrrole nitrogens is 1. The minimum Gasteiger partial charge on any atom is -0.379 e. The number of amides is 1. The van der Waals surface area contributed by atoms with Crippen molar-refractivity contribution in [2.24, 2.45) is 5.92 Å². The van der Waals surface area contributed by atoms with E-state index in [0.717, 1.165) is 12.0 Å². The van der Waals surface area contributed by atoms with Gasteiger partial charge in [-0.05, 0) is 25.0 Å². The van der Waals surface area contributed by atoms with E-state index >= 15 is 0 Å². The van der Waals surface area contributed by atoms with Gasteiger partial charge in [-0.15, -0.1) is 0 Å². The van der Waals surface area contributed by atoms with Crippen LogP contribution in [-0.4, -0.2) is 78.0 Å². The Bertz CT molecular complexity index is 1190. The van der Waals surface area contributed by atoms with Crippen molar-refractivity contribution in [3.63, 3.8) is 0 Å². The number of carbonyl (C=O) groups excluding carboxylic acids is 1. The molecule has 198 valence electrons. The fourth-order valence-corrected chi connectivity index (χ4v) is 4.77. The first-order chi connectivity index (χ1) is 17.7. The molecule has 2 aromatic rings. The van der Waals surface area contributed by atoms with E-state index in [1.165, 1.54) is 11.1 Å². The number of nitriles is 1. The van der Waals surface area contributed by atoms with Gasteiger partial charge in [-0.3, -0.25) is 9.59 Å². The van der Waals surface area contributed by atoms with E-state index in [-0.39, 0.29) is 30.9 Å². The Morgan fingerprint density at radius 1 is 1.24 bits per heavy atom. The second-order valence-electron chi connectivity index (χ2n) is 9.21. The molecule has 2 saturated heterocycles. The summed E-state index contributed by atoms with van der Waals surface area (Å²) in [5, 5.41) is 14.3. The highest BCUT2D eigenvalue weighted by molar-refractivity contribution is 5.79. The zero-order valence-corrected chi connectivity index (χ0v) is 20.4. The topological polar surface area (TPSA) is 118 Å². The van der Waals surface area contributed by atoms with E-state index < -0.39 is 23.2 Å². The molecule has 2 atom stereocenters. The molecule has 0 radical (unpaired) electrons. The number of ether oxygens (including phenoxy) is 1. The number of aromatic amines is 1. The summed E-state index contributed by atoms with van der Waals surface area (Å²) in [6.07, 6.45) is -0.987. The maximum atomic E-state index is 13.5. The lowest BCUT2D eigenvalue weighted by Crippen LogP contribution is -2.50. The van der Waals surface area contributed by atoms with Gasteiger partial charge in [-0.1, -0.05) is 6.92 Å². The smallest absolute Gasteiger partial charge is 0.379 e. The third-order valence-electron chi connectivity index (χ3n) is 6.70. The average Bonchev–Trinajstić information content (AvgIpc) is 3.36. The van der Waals surface area contributed by atoms with Gasteiger partial charge in [0.15, 0.2) is 0 Å². The largest absolute Gasteiger partial charge is 0.423 e. The molecule has 0 aliphatic carbocycles. The molecule has 0 saturated carbocycles. The van der Waals surface area contributed by atoms with Gasteiger partial charge in [-0.25, -0.2) is 10.1 Å². The Labute approximate surface area is 211 Å². The van der Waals surface area contributed by atoms with Gasteiger partial charge >= 0.3 is 6.18 Å². The normalized spacial score (nSPS) is 19.1. The number of carbonyl (C=O) groups is 1. The molecule has 2 aromatic heterocycles. The van der Waals surface area contributed by atoms with Crippen LogP contribution in [0.2, 0.25) is 0 Å². The number of aromatic nitrogens is 3. The average molecular weight is 520 g/mol. The van der Waals surface area contributed by atoms with Gasteiger partial charge in [0, 0.05) is 38.9 Å². The van der Waals surface area contributed by atoms with E-state index in [0.29, 0.717) is 51.1 Å². The van der Waals surface area contributed by atoms with Crippen LogP contribution in [0.3, 0.4) is 0 Å². The van der Waals surface area contributed by atoms with Crippen molar-refractivity contribution in [2.45, 2.75) is 32.0 Å². The highest BCUT2D eigenvalue weighted by Gasteiger charge is 2.40. The van der Waals surface area contributed by atoms with Gasteiger partial charge in [0.2, 0.25) is 5.91 Å². The number of halogens is 3. The molecule has 4 rings (SSSR count). The summed E-state index contributed by atoms with van der Waals surface area (Å²) in [5.74, 6) is 0.295. The molecule has 0 spiro atoms. The number of hydrogen-bond acceptors (Lipinski definition) is 8. The zero-order chi connectivity index (χ0) is 26.6. The van der Waals surface area contributed by atoms with Crippen LogP contribution in [0.15, 0.2) is 29.3 Å². The Balaban J connectivity index is 1.28. The summed E-state index contributed by atoms with van der Waals surface area (Å²) < 4.78 is 46.3. The molecule has 37 heavy (non-hydrogen) atoms. The van der Waals surface area contributed by atoms with Gasteiger partial charge < -0.3 is 19.4 Å². The van der Waals surface area contributed by atoms with Gasteiger partial charge in [0.25, 0.3) is 5.56 Å². The van der Waals surface area contributed by atoms with E-state index in [1.807, 2.05) is 11.2 Å². The minimum absolute atomic E-state index is 0.0473. The van der Waals surface area contributed by atoms with Crippen LogP contribution in [0.1, 0.15) is 30.9 Å². The summed E-state index contributed by atoms with van der Waals surface area (Å²) in [4.78, 5) is 34.4. The third-order valence-corrected chi connectivity index (χ3v) is 6.70. The predicted molar refractivity (Wildman–Crippen MR) is 128 cm³/mol. The number of nitrogens with one attached hydrogen (secondary N) is 1. The number of nitrogens with zero attached hydrogens (tertiary/aromatic N) is 6. The van der Waals surface area contributed by atoms with Crippen LogP contribution < -0.4 is 15.4 Å². The second-order valence-corrected chi connectivity index (χ2v) is 9.21. The molecule has 2 aliphatic heterocycles. The van der Waals surface area contributed by atoms with Crippen molar-refractivity contribution in [3.05, 3.63) is 46.0 Å². The highest BCUT2D eigenvalue weighted by atomic mass is 19.4. The molecule has 2 fully saturated rings. The standard InChI is InChI=1S/C24H28F3N7O3/c1-16(23(36)33-9-7-32(8-10-33)20-5-4-17(11-28)12-29-20)14-37-15-18-3-2-6-34(18)19-13-30-31-22(35)21(19)24(25,26)27/h4-5,12-13,16,18H,2-3,6-10,14-15H2,1H3,(H,31,35)/t16-,18-/m1/s1. The first kappa shape index (κ1) is 26.4. The van der Waals surface area contributed by atoms with E-state index in [1.54, 1.807) is 24.0 Å². The fraction of sp³-hybridized carbons (Fsp3) is 0.542. The van der Waals surface area contributed by atoms with Crippen molar-refractivity contribution in [2.75, 3.05) is 55.7 Å². The molecule has 0 unspecified atom stereocenters. The SMILES string of the molecule is C[C@H](COC[C@H]1CCCN1c1cn[nH]c(=O)c1C(F)(F)F)C(=O)N1CCN(c2ccc(C#N)cn2)CC1. The lowest BCUT2D eigenvalue weighted by Gasteiger charge is -2.36. The van der Waals surface area contributed by atoms with Crippen molar-refractivity contribution in [1.82, 2.24) is 20.1 Å². The number of alkyl halides is 3. The molecule has 4 heterocycles. The van der Waals surface area contributed by atoms with Gasteiger partial charge in [0.05, 0.1) is 42.6 Å². The fourth-order valence-electron chi connectivity index (χ4n) is 4.77. The van der Waals surface area contributed by atoms with Crippen LogP contribution in [0, 0.1) is 17.2 Å². The number of rotatable bonds is 7. The molecular formula is C24H28F3N7O3. The predicted octanol–water partition coefficient (Wildman–Crippen LogP) is 2.03. The maximum Gasteiger partial charge on any atom is 0.423 e. The van der Waals surface area contributed by atoms with E-state index in [4.69, 9.17) is 10.00 Å². The van der Waals surface area contributed by atoms with E-state index in [9.17, 15) is 22.8 Å². The molecule has 10 nitrogen and oxygen atoms in total. The van der Waals surface area contributed by atoms with Gasteiger partial charge in [-0.2, -0.15) is 23.5 Å². The molecule has 13 heteroatoms. The number of piperazine rings is 1. The molecule has 1 N–H and O–H groups in total. The highest BCUT2D eigenvalue weighted by Crippen LogP contribution is 2.36. The number of pyridine rings is 1. The van der Waals surface area contributed by atoms with Crippen LogP contribution in [0.4, 0.5) is 24.7 Å². The third kappa shape index (κ3) is 6.02. The summed E-state index contributed by atoms with van der Waals surface area (Å²) in [7, 11) is 0. The van der Waals surface area contributed by atoms with Crippen molar-refractivity contribution in [1.29, 1.82) is 5.26 Å². The molecule has 2 aliphatic rings. The Hall–Kier alpha value is -3.66. The lowest BCUT2D eigenvalue weighted by molar-refractivity contribution is -0.139. The monoisotopic (exact) mass is 519 g/mol. The second kappa shape index (κ2) is 11.2. The first-order valence-electron chi connectivity index (χ1n) is 12.1. The summed E-state index contributed by atoms with van der Waals surface area (Å²) in [5.41, 5.74) is -2.29. The maximum absolute atomic E-state index is 13.5. The molecular weight excluding hydrogens is 491 g/mol. The summed E-state index contributed by atoms with van der Waals surface area (Å²) in [6.45, 7) is 4.68. The number of hydrogen-bond donors (Lipinski definition) is 1. The van der Waals surface area contributed by atoms with E-state index in [2.05, 4.69) is 15.0 Å². The van der Waals surface area contributed by atoms with Crippen molar-refractivity contribution >= 4 is 17.4 Å². The molecule has 0 aromatic carbocycles. The Morgan fingerprint density at radius 3 is 2.65 bits per heavy atom. The molecule has 0 bridgehead atoms.